The number of nitrogens with one attached hydrogen (secondary N) is 1. The maximum Gasteiger partial charge on any atom is 0.251 e. The van der Waals surface area contributed by atoms with Gasteiger partial charge in [-0.3, -0.25) is 0 Å². The first-order valence-corrected chi connectivity index (χ1v) is 7.72. The van der Waals surface area contributed by atoms with Crippen molar-refractivity contribution >= 4 is 0 Å². The van der Waals surface area contributed by atoms with E-state index in [1.807, 2.05) is 31.2 Å². The van der Waals surface area contributed by atoms with Crippen LogP contribution in [0, 0.1) is 11.6 Å². The highest BCUT2D eigenvalue weighted by atomic mass is 19.2. The number of ether oxygens (including phenoxy) is 1. The normalized spacial score (nSPS) is 12.2. The fourth-order valence-electron chi connectivity index (χ4n) is 2.40. The van der Waals surface area contributed by atoms with Crippen LogP contribution in [0.25, 0.3) is 11.5 Å². The van der Waals surface area contributed by atoms with Crippen LogP contribution in [0.4, 0.5) is 8.78 Å². The molecule has 1 aromatic heterocycles. The molecule has 3 aromatic rings. The number of nitrogens with zero attached hydrogens (tertiary/aromatic N) is 2. The zero-order valence-electron chi connectivity index (χ0n) is 13.8. The Kier molecular flexibility index (Phi) is 5.04. The lowest BCUT2D eigenvalue weighted by molar-refractivity contribution is 0.412. The minimum Gasteiger partial charge on any atom is -0.496 e. The second-order valence-corrected chi connectivity index (χ2v) is 5.48. The monoisotopic (exact) mass is 345 g/mol. The molecule has 2 aromatic carbocycles. The Balaban J connectivity index is 1.68. The van der Waals surface area contributed by atoms with E-state index in [0.717, 1.165) is 6.07 Å². The molecular weight excluding hydrogens is 328 g/mol. The molecule has 0 aliphatic rings. The minimum atomic E-state index is -0.873. The van der Waals surface area contributed by atoms with Gasteiger partial charge in [-0.05, 0) is 36.8 Å². The summed E-state index contributed by atoms with van der Waals surface area (Å²) in [7, 11) is 1.57. The van der Waals surface area contributed by atoms with E-state index in [2.05, 4.69) is 15.5 Å². The van der Waals surface area contributed by atoms with Gasteiger partial charge in [0, 0.05) is 6.04 Å². The van der Waals surface area contributed by atoms with E-state index < -0.39 is 11.6 Å². The molecule has 0 unspecified atom stereocenters. The van der Waals surface area contributed by atoms with Gasteiger partial charge in [-0.1, -0.05) is 18.2 Å². The molecule has 25 heavy (non-hydrogen) atoms. The first-order valence-electron chi connectivity index (χ1n) is 7.72. The van der Waals surface area contributed by atoms with Crippen LogP contribution in [-0.2, 0) is 6.54 Å². The van der Waals surface area contributed by atoms with E-state index in [1.54, 1.807) is 7.11 Å². The molecule has 1 atom stereocenters. The zero-order chi connectivity index (χ0) is 17.8. The molecule has 0 aliphatic heterocycles. The molecule has 3 rings (SSSR count). The molecule has 0 bridgehead atoms. The first kappa shape index (κ1) is 17.0. The van der Waals surface area contributed by atoms with Crippen molar-refractivity contribution in [2.45, 2.75) is 19.5 Å². The Morgan fingerprint density at radius 2 is 1.92 bits per heavy atom. The predicted octanol–water partition coefficient (Wildman–Crippen LogP) is 3.87. The van der Waals surface area contributed by atoms with E-state index in [0.29, 0.717) is 35.2 Å². The Morgan fingerprint density at radius 3 is 2.68 bits per heavy atom. The largest absolute Gasteiger partial charge is 0.496 e. The maximum absolute atomic E-state index is 13.3. The van der Waals surface area contributed by atoms with Gasteiger partial charge in [0.1, 0.15) is 5.75 Å². The summed E-state index contributed by atoms with van der Waals surface area (Å²) in [5.74, 6) is -0.359. The maximum atomic E-state index is 13.3. The molecule has 0 aliphatic carbocycles. The molecule has 1 heterocycles. The quantitative estimate of drug-likeness (QED) is 0.735. The van der Waals surface area contributed by atoms with Crippen molar-refractivity contribution in [3.8, 4) is 17.2 Å². The summed E-state index contributed by atoms with van der Waals surface area (Å²) in [6.07, 6.45) is 0. The van der Waals surface area contributed by atoms with Gasteiger partial charge >= 0.3 is 0 Å². The second kappa shape index (κ2) is 7.40. The Morgan fingerprint density at radius 1 is 1.12 bits per heavy atom. The average Bonchev–Trinajstić information content (AvgIpc) is 3.10. The Labute approximate surface area is 143 Å². The van der Waals surface area contributed by atoms with Crippen LogP contribution >= 0.6 is 0 Å². The zero-order valence-corrected chi connectivity index (χ0v) is 13.8. The number of para-hydroxylation sites is 1. The fourth-order valence-corrected chi connectivity index (χ4v) is 2.40. The van der Waals surface area contributed by atoms with Gasteiger partial charge in [0.2, 0.25) is 5.89 Å². The summed E-state index contributed by atoms with van der Waals surface area (Å²) in [6, 6.07) is 10.9. The molecule has 0 saturated carbocycles. The third-order valence-electron chi connectivity index (χ3n) is 3.81. The van der Waals surface area contributed by atoms with Gasteiger partial charge in [0.25, 0.3) is 5.89 Å². The lowest BCUT2D eigenvalue weighted by atomic mass is 10.1. The summed E-state index contributed by atoms with van der Waals surface area (Å²) < 4.78 is 37.2. The van der Waals surface area contributed by atoms with Crippen molar-refractivity contribution < 1.29 is 17.9 Å². The number of hydrogen-bond acceptors (Lipinski definition) is 5. The number of methoxy groups -OCH3 is 1. The van der Waals surface area contributed by atoms with E-state index in [-0.39, 0.29) is 6.04 Å². The first-order chi connectivity index (χ1) is 12.1. The highest BCUT2D eigenvalue weighted by Crippen LogP contribution is 2.28. The van der Waals surface area contributed by atoms with E-state index in [4.69, 9.17) is 9.15 Å². The van der Waals surface area contributed by atoms with Crippen molar-refractivity contribution in [2.24, 2.45) is 0 Å². The second-order valence-electron chi connectivity index (χ2n) is 5.48. The van der Waals surface area contributed by atoms with Crippen molar-refractivity contribution in [1.82, 2.24) is 15.5 Å². The van der Waals surface area contributed by atoms with Crippen LogP contribution in [0.1, 0.15) is 24.4 Å². The molecule has 7 heteroatoms. The fraction of sp³-hybridized carbons (Fsp3) is 0.222. The molecule has 0 saturated heterocycles. The topological polar surface area (TPSA) is 60.2 Å². The van der Waals surface area contributed by atoms with Crippen LogP contribution in [0.2, 0.25) is 0 Å². The lowest BCUT2D eigenvalue weighted by Gasteiger charge is -2.12. The van der Waals surface area contributed by atoms with Gasteiger partial charge in [0.05, 0.1) is 19.2 Å². The smallest absolute Gasteiger partial charge is 0.251 e. The number of rotatable bonds is 6. The SMILES string of the molecule is COc1ccccc1-c1nnc(CN[C@@H](C)c2ccc(F)c(F)c2)o1. The molecule has 0 radical (unpaired) electrons. The molecule has 0 fully saturated rings. The average molecular weight is 345 g/mol. The Bertz CT molecular complexity index is 867. The summed E-state index contributed by atoms with van der Waals surface area (Å²) in [5.41, 5.74) is 1.33. The molecular formula is C18H17F2N3O2. The number of halogens is 2. The predicted molar refractivity (Wildman–Crippen MR) is 87.9 cm³/mol. The van der Waals surface area contributed by atoms with Crippen molar-refractivity contribution in [3.05, 3.63) is 65.6 Å². The number of hydrogen-bond donors (Lipinski definition) is 1. The highest BCUT2D eigenvalue weighted by Gasteiger charge is 2.14. The van der Waals surface area contributed by atoms with E-state index in [9.17, 15) is 8.78 Å². The van der Waals surface area contributed by atoms with Crippen LogP contribution in [0.3, 0.4) is 0 Å². The lowest BCUT2D eigenvalue weighted by Crippen LogP contribution is -2.18. The minimum absolute atomic E-state index is 0.211. The van der Waals surface area contributed by atoms with Gasteiger partial charge in [0.15, 0.2) is 11.6 Å². The van der Waals surface area contributed by atoms with Crippen LogP contribution in [-0.4, -0.2) is 17.3 Å². The number of benzene rings is 2. The van der Waals surface area contributed by atoms with Gasteiger partial charge < -0.3 is 14.5 Å². The highest BCUT2D eigenvalue weighted by molar-refractivity contribution is 5.62. The van der Waals surface area contributed by atoms with Gasteiger partial charge in [-0.15, -0.1) is 10.2 Å². The van der Waals surface area contributed by atoms with Crippen LogP contribution in [0.15, 0.2) is 46.9 Å². The standard InChI is InChI=1S/C18H17F2N3O2/c1-11(12-7-8-14(19)15(20)9-12)21-10-17-22-23-18(25-17)13-5-3-4-6-16(13)24-2/h3-9,11,21H,10H2,1-2H3/t11-/m0/s1. The Hall–Kier alpha value is -2.80. The van der Waals surface area contributed by atoms with Crippen molar-refractivity contribution in [2.75, 3.05) is 7.11 Å². The molecule has 5 nitrogen and oxygen atoms in total. The molecule has 0 amide bonds. The third kappa shape index (κ3) is 3.83. The van der Waals surface area contributed by atoms with Crippen LogP contribution < -0.4 is 10.1 Å². The van der Waals surface area contributed by atoms with Crippen LogP contribution in [0.5, 0.6) is 5.75 Å². The number of aromatic nitrogens is 2. The van der Waals surface area contributed by atoms with Crippen molar-refractivity contribution in [3.63, 3.8) is 0 Å². The summed E-state index contributed by atoms with van der Waals surface area (Å²) >= 11 is 0. The summed E-state index contributed by atoms with van der Waals surface area (Å²) in [4.78, 5) is 0. The molecule has 1 N–H and O–H groups in total. The molecule has 130 valence electrons. The van der Waals surface area contributed by atoms with E-state index in [1.165, 1.54) is 12.1 Å². The van der Waals surface area contributed by atoms with E-state index >= 15 is 0 Å². The van der Waals surface area contributed by atoms with Crippen molar-refractivity contribution in [1.29, 1.82) is 0 Å². The summed E-state index contributed by atoms with van der Waals surface area (Å²) in [5, 5.41) is 11.2. The van der Waals surface area contributed by atoms with Gasteiger partial charge in [-0.2, -0.15) is 0 Å². The summed E-state index contributed by atoms with van der Waals surface area (Å²) in [6.45, 7) is 2.13. The van der Waals surface area contributed by atoms with Gasteiger partial charge in [-0.25, -0.2) is 8.78 Å². The molecule has 0 spiro atoms. The third-order valence-corrected chi connectivity index (χ3v) is 3.81.